The Hall–Kier alpha value is -2.14. The van der Waals surface area contributed by atoms with E-state index < -0.39 is 6.10 Å². The lowest BCUT2D eigenvalue weighted by Gasteiger charge is -2.27. The molecule has 2 aromatic rings. The predicted octanol–water partition coefficient (Wildman–Crippen LogP) is 2.69. The summed E-state index contributed by atoms with van der Waals surface area (Å²) in [5.41, 5.74) is 2.19. The van der Waals surface area contributed by atoms with Gasteiger partial charge in [-0.3, -0.25) is 9.48 Å². The molecule has 1 fully saturated rings. The molecule has 1 aliphatic rings. The Morgan fingerprint density at radius 1 is 1.39 bits per heavy atom. The van der Waals surface area contributed by atoms with Crippen LogP contribution in [0.3, 0.4) is 0 Å². The first-order valence-electron chi connectivity index (χ1n) is 8.09. The third kappa shape index (κ3) is 3.62. The number of carbonyl (C=O) groups is 1. The van der Waals surface area contributed by atoms with Gasteiger partial charge in [0.2, 0.25) is 0 Å². The average Bonchev–Trinajstić information content (AvgIpc) is 3.21. The van der Waals surface area contributed by atoms with Crippen LogP contribution in [0.1, 0.15) is 36.9 Å². The highest BCUT2D eigenvalue weighted by Crippen LogP contribution is 2.32. The summed E-state index contributed by atoms with van der Waals surface area (Å²) in [7, 11) is 1.90. The van der Waals surface area contributed by atoms with Crippen molar-refractivity contribution in [2.24, 2.45) is 7.05 Å². The number of likely N-dealkylation sites (tertiary alicyclic amines) is 1. The van der Waals surface area contributed by atoms with Crippen molar-refractivity contribution in [3.63, 3.8) is 0 Å². The molecule has 23 heavy (non-hydrogen) atoms. The van der Waals surface area contributed by atoms with Gasteiger partial charge in [0.1, 0.15) is 6.10 Å². The van der Waals surface area contributed by atoms with Crippen molar-refractivity contribution in [3.8, 4) is 0 Å². The van der Waals surface area contributed by atoms with Gasteiger partial charge in [-0.25, -0.2) is 0 Å². The summed E-state index contributed by atoms with van der Waals surface area (Å²) in [4.78, 5) is 14.7. The number of ether oxygens (including phenoxy) is 1. The molecule has 0 N–H and O–H groups in total. The van der Waals surface area contributed by atoms with Crippen LogP contribution in [0.4, 0.5) is 0 Å². The van der Waals surface area contributed by atoms with Crippen LogP contribution in [0, 0.1) is 0 Å². The van der Waals surface area contributed by atoms with Gasteiger partial charge in [0.05, 0.1) is 18.8 Å². The molecule has 0 aliphatic carbocycles. The van der Waals surface area contributed by atoms with Gasteiger partial charge < -0.3 is 9.64 Å². The fourth-order valence-electron chi connectivity index (χ4n) is 3.09. The minimum Gasteiger partial charge on any atom is -0.364 e. The van der Waals surface area contributed by atoms with Crippen molar-refractivity contribution < 1.29 is 9.53 Å². The molecule has 0 saturated carbocycles. The molecular formula is C18H23N3O2. The lowest BCUT2D eigenvalue weighted by atomic mass is 10.1. The maximum absolute atomic E-state index is 12.7. The second-order valence-corrected chi connectivity index (χ2v) is 6.08. The number of rotatable bonds is 5. The quantitative estimate of drug-likeness (QED) is 0.852. The highest BCUT2D eigenvalue weighted by atomic mass is 16.5. The number of aryl methyl sites for hydroxylation is 1. The van der Waals surface area contributed by atoms with Crippen LogP contribution in [-0.2, 0) is 23.2 Å². The Morgan fingerprint density at radius 3 is 2.87 bits per heavy atom. The zero-order chi connectivity index (χ0) is 16.2. The Labute approximate surface area is 136 Å². The molecule has 5 nitrogen and oxygen atoms in total. The van der Waals surface area contributed by atoms with Crippen LogP contribution in [0.5, 0.6) is 0 Å². The molecular weight excluding hydrogens is 290 g/mol. The van der Waals surface area contributed by atoms with Crippen LogP contribution >= 0.6 is 0 Å². The van der Waals surface area contributed by atoms with E-state index in [0.717, 1.165) is 30.5 Å². The van der Waals surface area contributed by atoms with Gasteiger partial charge >= 0.3 is 0 Å². The summed E-state index contributed by atoms with van der Waals surface area (Å²) >= 11 is 0. The fraction of sp³-hybridized carbons (Fsp3) is 0.444. The number of carbonyl (C=O) groups excluding carboxylic acids is 1. The van der Waals surface area contributed by atoms with Crippen molar-refractivity contribution in [3.05, 3.63) is 53.9 Å². The molecule has 0 bridgehead atoms. The second-order valence-electron chi connectivity index (χ2n) is 6.08. The van der Waals surface area contributed by atoms with Crippen molar-refractivity contribution >= 4 is 5.91 Å². The lowest BCUT2D eigenvalue weighted by Crippen LogP contribution is -2.38. The minimum absolute atomic E-state index is 0.0623. The zero-order valence-electron chi connectivity index (χ0n) is 13.7. The minimum atomic E-state index is -0.438. The van der Waals surface area contributed by atoms with E-state index >= 15 is 0 Å². The maximum atomic E-state index is 12.7. The van der Waals surface area contributed by atoms with Crippen molar-refractivity contribution in [2.75, 3.05) is 6.54 Å². The first-order chi connectivity index (χ1) is 11.1. The van der Waals surface area contributed by atoms with E-state index in [1.807, 2.05) is 61.6 Å². The summed E-state index contributed by atoms with van der Waals surface area (Å²) in [5.74, 6) is 0.0623. The predicted molar refractivity (Wildman–Crippen MR) is 87.6 cm³/mol. The van der Waals surface area contributed by atoms with Gasteiger partial charge in [0.25, 0.3) is 5.91 Å². The molecule has 5 heteroatoms. The molecule has 0 spiro atoms. The van der Waals surface area contributed by atoms with Gasteiger partial charge in [-0.15, -0.1) is 0 Å². The van der Waals surface area contributed by atoms with E-state index in [2.05, 4.69) is 5.10 Å². The molecule has 1 aliphatic heterocycles. The van der Waals surface area contributed by atoms with E-state index in [4.69, 9.17) is 4.74 Å². The molecule has 1 aromatic heterocycles. The molecule has 1 saturated heterocycles. The SMILES string of the molecule is C[C@@H](OCc1ccccc1)C(=O)N1CCC[C@H]1c1cnn(C)c1. The largest absolute Gasteiger partial charge is 0.364 e. The van der Waals surface area contributed by atoms with E-state index in [-0.39, 0.29) is 11.9 Å². The van der Waals surface area contributed by atoms with Crippen LogP contribution < -0.4 is 0 Å². The van der Waals surface area contributed by atoms with Crippen LogP contribution in [0.15, 0.2) is 42.7 Å². The Balaban J connectivity index is 1.62. The monoisotopic (exact) mass is 313 g/mol. The average molecular weight is 313 g/mol. The molecule has 1 amide bonds. The summed E-state index contributed by atoms with van der Waals surface area (Å²) in [6, 6.07) is 10.1. The summed E-state index contributed by atoms with van der Waals surface area (Å²) < 4.78 is 7.56. The third-order valence-electron chi connectivity index (χ3n) is 4.34. The number of nitrogens with zero attached hydrogens (tertiary/aromatic N) is 3. The van der Waals surface area contributed by atoms with Gasteiger partial charge in [0.15, 0.2) is 0 Å². The standard InChI is InChI=1S/C18H23N3O2/c1-14(23-13-15-7-4-3-5-8-15)18(22)21-10-6-9-17(21)16-11-19-20(2)12-16/h3-5,7-8,11-12,14,17H,6,9-10,13H2,1-2H3/t14-,17+/m1/s1. The van der Waals surface area contributed by atoms with Gasteiger partial charge in [-0.2, -0.15) is 5.10 Å². The Bertz CT molecular complexity index is 653. The Kier molecular flexibility index (Phi) is 4.76. The number of hydrogen-bond donors (Lipinski definition) is 0. The van der Waals surface area contributed by atoms with Gasteiger partial charge in [-0.05, 0) is 25.3 Å². The molecule has 0 radical (unpaired) electrons. The molecule has 0 unspecified atom stereocenters. The van der Waals surface area contributed by atoms with Crippen LogP contribution in [0.2, 0.25) is 0 Å². The highest BCUT2D eigenvalue weighted by Gasteiger charge is 2.33. The van der Waals surface area contributed by atoms with Crippen molar-refractivity contribution in [1.29, 1.82) is 0 Å². The van der Waals surface area contributed by atoms with Gasteiger partial charge in [0, 0.05) is 25.4 Å². The molecule has 2 heterocycles. The highest BCUT2D eigenvalue weighted by molar-refractivity contribution is 5.81. The second kappa shape index (κ2) is 6.96. The van der Waals surface area contributed by atoms with E-state index in [0.29, 0.717) is 6.61 Å². The van der Waals surface area contributed by atoms with E-state index in [9.17, 15) is 4.79 Å². The molecule has 3 rings (SSSR count). The number of benzene rings is 1. The molecule has 2 atom stereocenters. The van der Waals surface area contributed by atoms with Crippen LogP contribution in [0.25, 0.3) is 0 Å². The number of aromatic nitrogens is 2. The van der Waals surface area contributed by atoms with E-state index in [1.165, 1.54) is 0 Å². The zero-order valence-corrected chi connectivity index (χ0v) is 13.7. The molecule has 1 aromatic carbocycles. The number of amides is 1. The van der Waals surface area contributed by atoms with E-state index in [1.54, 1.807) is 4.68 Å². The molecule has 122 valence electrons. The maximum Gasteiger partial charge on any atom is 0.251 e. The Morgan fingerprint density at radius 2 is 2.17 bits per heavy atom. The third-order valence-corrected chi connectivity index (χ3v) is 4.34. The summed E-state index contributed by atoms with van der Waals surface area (Å²) in [6.07, 6.45) is 5.42. The fourth-order valence-corrected chi connectivity index (χ4v) is 3.09. The summed E-state index contributed by atoms with van der Waals surface area (Å²) in [5, 5.41) is 4.22. The van der Waals surface area contributed by atoms with Crippen LogP contribution in [-0.4, -0.2) is 33.2 Å². The topological polar surface area (TPSA) is 47.4 Å². The van der Waals surface area contributed by atoms with Crippen molar-refractivity contribution in [1.82, 2.24) is 14.7 Å². The van der Waals surface area contributed by atoms with Crippen molar-refractivity contribution in [2.45, 2.75) is 38.5 Å². The summed E-state index contributed by atoms with van der Waals surface area (Å²) in [6.45, 7) is 3.08. The first-order valence-corrected chi connectivity index (χ1v) is 8.09. The lowest BCUT2D eigenvalue weighted by molar-refractivity contribution is -0.144. The smallest absolute Gasteiger partial charge is 0.251 e. The first kappa shape index (κ1) is 15.7. The van der Waals surface area contributed by atoms with Gasteiger partial charge in [-0.1, -0.05) is 30.3 Å². The number of hydrogen-bond acceptors (Lipinski definition) is 3. The normalized spacial score (nSPS) is 19.0.